The first kappa shape index (κ1) is 16.1. The van der Waals surface area contributed by atoms with Gasteiger partial charge in [-0.15, -0.1) is 0 Å². The first-order chi connectivity index (χ1) is 9.95. The Morgan fingerprint density at radius 2 is 2.10 bits per heavy atom. The van der Waals surface area contributed by atoms with Crippen molar-refractivity contribution in [2.75, 3.05) is 0 Å². The molecule has 0 spiro atoms. The maximum atomic E-state index is 11.9. The Labute approximate surface area is 131 Å². The third-order valence-electron chi connectivity index (χ3n) is 3.28. The lowest BCUT2D eigenvalue weighted by atomic mass is 10.2. The lowest BCUT2D eigenvalue weighted by molar-refractivity contribution is -0.127. The van der Waals surface area contributed by atoms with Crippen LogP contribution in [0.3, 0.4) is 0 Å². The SMILES string of the molecule is CC(C)NC(=O)C(C)Oc1ccc(Cl)cc1CNC1CC1. The Kier molecular flexibility index (Phi) is 5.48. The molecule has 1 aliphatic rings. The van der Waals surface area contributed by atoms with E-state index in [9.17, 15) is 4.79 Å². The van der Waals surface area contributed by atoms with Gasteiger partial charge in [-0.25, -0.2) is 0 Å². The van der Waals surface area contributed by atoms with Gasteiger partial charge in [-0.05, 0) is 51.8 Å². The quantitative estimate of drug-likeness (QED) is 0.814. The van der Waals surface area contributed by atoms with E-state index >= 15 is 0 Å². The summed E-state index contributed by atoms with van der Waals surface area (Å²) >= 11 is 6.05. The highest BCUT2D eigenvalue weighted by molar-refractivity contribution is 6.30. The number of rotatable bonds is 7. The van der Waals surface area contributed by atoms with E-state index in [2.05, 4.69) is 10.6 Å². The molecular formula is C16H23ClN2O2. The van der Waals surface area contributed by atoms with Crippen LogP contribution in [0.5, 0.6) is 5.75 Å². The van der Waals surface area contributed by atoms with E-state index in [1.165, 1.54) is 12.8 Å². The van der Waals surface area contributed by atoms with Crippen LogP contribution in [0.25, 0.3) is 0 Å². The van der Waals surface area contributed by atoms with Crippen LogP contribution in [-0.4, -0.2) is 24.1 Å². The Morgan fingerprint density at radius 1 is 1.38 bits per heavy atom. The summed E-state index contributed by atoms with van der Waals surface area (Å²) < 4.78 is 5.81. The number of hydrogen-bond donors (Lipinski definition) is 2. The molecule has 5 heteroatoms. The van der Waals surface area contributed by atoms with E-state index in [0.717, 1.165) is 5.56 Å². The van der Waals surface area contributed by atoms with Gasteiger partial charge in [0.25, 0.3) is 5.91 Å². The molecule has 0 bridgehead atoms. The highest BCUT2D eigenvalue weighted by Gasteiger charge is 2.22. The maximum Gasteiger partial charge on any atom is 0.260 e. The minimum atomic E-state index is -0.534. The molecule has 4 nitrogen and oxygen atoms in total. The summed E-state index contributed by atoms with van der Waals surface area (Å²) in [6.07, 6.45) is 1.92. The molecule has 0 aromatic heterocycles. The monoisotopic (exact) mass is 310 g/mol. The predicted molar refractivity (Wildman–Crippen MR) is 84.7 cm³/mol. The summed E-state index contributed by atoms with van der Waals surface area (Å²) in [7, 11) is 0. The largest absolute Gasteiger partial charge is 0.481 e. The third-order valence-corrected chi connectivity index (χ3v) is 3.52. The predicted octanol–water partition coefficient (Wildman–Crippen LogP) is 2.88. The number of carbonyl (C=O) groups is 1. The molecule has 1 unspecified atom stereocenters. The molecule has 1 aromatic rings. The topological polar surface area (TPSA) is 50.4 Å². The van der Waals surface area contributed by atoms with Gasteiger partial charge >= 0.3 is 0 Å². The van der Waals surface area contributed by atoms with E-state index in [-0.39, 0.29) is 11.9 Å². The average Bonchev–Trinajstić information content (AvgIpc) is 3.22. The van der Waals surface area contributed by atoms with E-state index in [4.69, 9.17) is 16.3 Å². The lowest BCUT2D eigenvalue weighted by Crippen LogP contribution is -2.40. The fourth-order valence-electron chi connectivity index (χ4n) is 1.99. The number of amides is 1. The molecule has 2 N–H and O–H groups in total. The second-order valence-electron chi connectivity index (χ2n) is 5.83. The third kappa shape index (κ3) is 5.21. The number of nitrogens with one attached hydrogen (secondary N) is 2. The summed E-state index contributed by atoms with van der Waals surface area (Å²) in [6.45, 7) is 6.32. The van der Waals surface area contributed by atoms with Crippen LogP contribution in [-0.2, 0) is 11.3 Å². The van der Waals surface area contributed by atoms with Crippen molar-refractivity contribution in [1.29, 1.82) is 0 Å². The van der Waals surface area contributed by atoms with Gasteiger partial charge < -0.3 is 15.4 Å². The molecule has 1 aromatic carbocycles. The molecule has 0 aliphatic heterocycles. The maximum absolute atomic E-state index is 11.9. The molecule has 21 heavy (non-hydrogen) atoms. The Bertz CT molecular complexity index is 501. The molecule has 0 heterocycles. The van der Waals surface area contributed by atoms with Crippen LogP contribution in [0.15, 0.2) is 18.2 Å². The van der Waals surface area contributed by atoms with Crippen LogP contribution in [0, 0.1) is 0 Å². The van der Waals surface area contributed by atoms with Crippen molar-refractivity contribution < 1.29 is 9.53 Å². The molecule has 116 valence electrons. The summed E-state index contributed by atoms with van der Waals surface area (Å²) in [4.78, 5) is 11.9. The van der Waals surface area contributed by atoms with E-state index in [1.807, 2.05) is 26.0 Å². The first-order valence-electron chi connectivity index (χ1n) is 7.44. The van der Waals surface area contributed by atoms with Gasteiger partial charge in [0.15, 0.2) is 6.10 Å². The standard InChI is InChI=1S/C16H23ClN2O2/c1-10(2)19-16(20)11(3)21-15-7-4-13(17)8-12(15)9-18-14-5-6-14/h4,7-8,10-11,14,18H,5-6,9H2,1-3H3,(H,19,20). The molecule has 1 atom stereocenters. The molecular weight excluding hydrogens is 288 g/mol. The van der Waals surface area contributed by atoms with Crippen molar-refractivity contribution in [2.45, 2.75) is 58.3 Å². The van der Waals surface area contributed by atoms with Crippen LogP contribution in [0.2, 0.25) is 5.02 Å². The Balaban J connectivity index is 2.01. The van der Waals surface area contributed by atoms with Gasteiger partial charge in [0.2, 0.25) is 0 Å². The zero-order chi connectivity index (χ0) is 15.4. The zero-order valence-corrected chi connectivity index (χ0v) is 13.5. The van der Waals surface area contributed by atoms with Crippen molar-refractivity contribution >= 4 is 17.5 Å². The van der Waals surface area contributed by atoms with Crippen molar-refractivity contribution in [3.8, 4) is 5.75 Å². The number of ether oxygens (including phenoxy) is 1. The van der Waals surface area contributed by atoms with Gasteiger partial charge in [0.1, 0.15) is 5.75 Å². The second kappa shape index (κ2) is 7.14. The van der Waals surface area contributed by atoms with Crippen molar-refractivity contribution in [2.24, 2.45) is 0 Å². The number of hydrogen-bond acceptors (Lipinski definition) is 3. The average molecular weight is 311 g/mol. The van der Waals surface area contributed by atoms with Gasteiger partial charge in [-0.3, -0.25) is 4.79 Å². The highest BCUT2D eigenvalue weighted by atomic mass is 35.5. The highest BCUT2D eigenvalue weighted by Crippen LogP contribution is 2.26. The molecule has 1 saturated carbocycles. The number of halogens is 1. The van der Waals surface area contributed by atoms with E-state index in [0.29, 0.717) is 23.4 Å². The molecule has 1 amide bonds. The molecule has 1 fully saturated rings. The van der Waals surface area contributed by atoms with Crippen molar-refractivity contribution in [3.05, 3.63) is 28.8 Å². The second-order valence-corrected chi connectivity index (χ2v) is 6.27. The molecule has 0 saturated heterocycles. The molecule has 2 rings (SSSR count). The minimum Gasteiger partial charge on any atom is -0.481 e. The van der Waals surface area contributed by atoms with E-state index in [1.54, 1.807) is 13.0 Å². The van der Waals surface area contributed by atoms with Gasteiger partial charge in [0.05, 0.1) is 0 Å². The fourth-order valence-corrected chi connectivity index (χ4v) is 2.18. The van der Waals surface area contributed by atoms with Crippen LogP contribution in [0.4, 0.5) is 0 Å². The normalized spacial score (nSPS) is 15.9. The minimum absolute atomic E-state index is 0.102. The zero-order valence-electron chi connectivity index (χ0n) is 12.8. The van der Waals surface area contributed by atoms with E-state index < -0.39 is 6.10 Å². The Morgan fingerprint density at radius 3 is 2.71 bits per heavy atom. The lowest BCUT2D eigenvalue weighted by Gasteiger charge is -2.19. The summed E-state index contributed by atoms with van der Waals surface area (Å²) in [5.74, 6) is 0.597. The first-order valence-corrected chi connectivity index (χ1v) is 7.82. The van der Waals surface area contributed by atoms with Crippen LogP contribution < -0.4 is 15.4 Å². The van der Waals surface area contributed by atoms with Gasteiger partial charge in [0, 0.05) is 29.2 Å². The molecule has 1 aliphatic carbocycles. The summed E-state index contributed by atoms with van der Waals surface area (Å²) in [5.41, 5.74) is 0.985. The van der Waals surface area contributed by atoms with Gasteiger partial charge in [-0.2, -0.15) is 0 Å². The summed E-state index contributed by atoms with van der Waals surface area (Å²) in [6, 6.07) is 6.21. The van der Waals surface area contributed by atoms with Crippen molar-refractivity contribution in [3.63, 3.8) is 0 Å². The van der Waals surface area contributed by atoms with Gasteiger partial charge in [-0.1, -0.05) is 11.6 Å². The fraction of sp³-hybridized carbons (Fsp3) is 0.562. The van der Waals surface area contributed by atoms with Crippen LogP contribution >= 0.6 is 11.6 Å². The smallest absolute Gasteiger partial charge is 0.260 e. The molecule has 0 radical (unpaired) electrons. The Hall–Kier alpha value is -1.26. The number of carbonyl (C=O) groups excluding carboxylic acids is 1. The summed E-state index contributed by atoms with van der Waals surface area (Å²) in [5, 5.41) is 6.96. The van der Waals surface area contributed by atoms with Crippen molar-refractivity contribution in [1.82, 2.24) is 10.6 Å². The number of benzene rings is 1. The van der Waals surface area contributed by atoms with Crippen LogP contribution in [0.1, 0.15) is 39.2 Å².